The van der Waals surface area contributed by atoms with Crippen molar-refractivity contribution < 1.29 is 14.3 Å². The Morgan fingerprint density at radius 3 is 2.48 bits per heavy atom. The van der Waals surface area contributed by atoms with Gasteiger partial charge in [0, 0.05) is 25.3 Å². The molecule has 0 spiro atoms. The molecule has 0 radical (unpaired) electrons. The van der Waals surface area contributed by atoms with Crippen LogP contribution in [0.1, 0.15) is 20.3 Å². The summed E-state index contributed by atoms with van der Waals surface area (Å²) in [4.78, 5) is 28.4. The average molecular weight is 317 g/mol. The van der Waals surface area contributed by atoms with Gasteiger partial charge in [-0.1, -0.05) is 18.2 Å². The maximum atomic E-state index is 12.5. The molecule has 6 heteroatoms. The first-order valence-corrected chi connectivity index (χ1v) is 8.12. The number of carbonyl (C=O) groups excluding carboxylic acids is 2. The zero-order chi connectivity index (χ0) is 16.4. The van der Waals surface area contributed by atoms with Gasteiger partial charge in [-0.15, -0.1) is 0 Å². The Balaban J connectivity index is 1.60. The minimum absolute atomic E-state index is 0.0181. The number of benzene rings is 1. The summed E-state index contributed by atoms with van der Waals surface area (Å²) in [6.07, 6.45) is 0.670. The molecule has 1 N–H and O–H groups in total. The summed E-state index contributed by atoms with van der Waals surface area (Å²) in [5.74, 6) is -0.0427. The smallest absolute Gasteiger partial charge is 0.318 e. The summed E-state index contributed by atoms with van der Waals surface area (Å²) in [5, 5.41) is 2.88. The molecule has 2 heterocycles. The lowest BCUT2D eigenvalue weighted by Crippen LogP contribution is -2.54. The van der Waals surface area contributed by atoms with E-state index in [4.69, 9.17) is 4.74 Å². The average Bonchev–Trinajstić information content (AvgIpc) is 2.88. The molecule has 0 saturated carbocycles. The summed E-state index contributed by atoms with van der Waals surface area (Å²) in [6.45, 7) is 5.64. The summed E-state index contributed by atoms with van der Waals surface area (Å²) in [5.41, 5.74) is 0.878. The predicted octanol–water partition coefficient (Wildman–Crippen LogP) is 1.61. The Labute approximate surface area is 136 Å². The number of para-hydroxylation sites is 1. The van der Waals surface area contributed by atoms with Crippen LogP contribution in [0.3, 0.4) is 0 Å². The molecule has 3 atom stereocenters. The second-order valence-electron chi connectivity index (χ2n) is 6.28. The zero-order valence-electron chi connectivity index (χ0n) is 13.6. The second kappa shape index (κ2) is 6.58. The van der Waals surface area contributed by atoms with Crippen molar-refractivity contribution in [2.45, 2.75) is 38.5 Å². The molecule has 2 aliphatic rings. The molecule has 3 rings (SSSR count). The Morgan fingerprint density at radius 1 is 1.17 bits per heavy atom. The number of rotatable bonds is 2. The van der Waals surface area contributed by atoms with E-state index in [2.05, 4.69) is 5.32 Å². The van der Waals surface area contributed by atoms with Crippen LogP contribution in [-0.2, 0) is 9.53 Å². The first-order chi connectivity index (χ1) is 11.0. The van der Waals surface area contributed by atoms with Gasteiger partial charge < -0.3 is 19.9 Å². The van der Waals surface area contributed by atoms with Crippen molar-refractivity contribution in [2.75, 3.05) is 24.5 Å². The molecular formula is C17H23N3O3. The van der Waals surface area contributed by atoms with E-state index in [0.717, 1.165) is 5.69 Å². The fraction of sp³-hybridized carbons (Fsp3) is 0.529. The monoisotopic (exact) mass is 317 g/mol. The summed E-state index contributed by atoms with van der Waals surface area (Å²) >= 11 is 0. The maximum absolute atomic E-state index is 12.5. The van der Waals surface area contributed by atoms with Crippen molar-refractivity contribution in [3.05, 3.63) is 30.3 Å². The van der Waals surface area contributed by atoms with Crippen LogP contribution in [0.15, 0.2) is 30.3 Å². The highest BCUT2D eigenvalue weighted by Crippen LogP contribution is 2.21. The number of hydrogen-bond acceptors (Lipinski definition) is 3. The molecule has 6 nitrogen and oxygen atoms in total. The molecule has 0 unspecified atom stereocenters. The first kappa shape index (κ1) is 15.8. The lowest BCUT2D eigenvalue weighted by atomic mass is 10.2. The van der Waals surface area contributed by atoms with Crippen LogP contribution >= 0.6 is 0 Å². The molecule has 1 aromatic rings. The topological polar surface area (TPSA) is 61.9 Å². The van der Waals surface area contributed by atoms with Gasteiger partial charge >= 0.3 is 6.03 Å². The molecule has 23 heavy (non-hydrogen) atoms. The van der Waals surface area contributed by atoms with Crippen molar-refractivity contribution in [3.8, 4) is 0 Å². The Bertz CT molecular complexity index is 568. The van der Waals surface area contributed by atoms with E-state index in [0.29, 0.717) is 26.1 Å². The van der Waals surface area contributed by atoms with Crippen LogP contribution in [0.4, 0.5) is 10.5 Å². The van der Waals surface area contributed by atoms with Gasteiger partial charge in [-0.2, -0.15) is 0 Å². The number of amides is 3. The first-order valence-electron chi connectivity index (χ1n) is 8.12. The van der Waals surface area contributed by atoms with Crippen molar-refractivity contribution in [1.82, 2.24) is 10.2 Å². The van der Waals surface area contributed by atoms with Gasteiger partial charge in [-0.3, -0.25) is 4.79 Å². The van der Waals surface area contributed by atoms with E-state index >= 15 is 0 Å². The third kappa shape index (κ3) is 3.47. The largest absolute Gasteiger partial charge is 0.372 e. The molecule has 0 aromatic heterocycles. The highest BCUT2D eigenvalue weighted by atomic mass is 16.5. The summed E-state index contributed by atoms with van der Waals surface area (Å²) in [6, 6.07) is 8.93. The highest BCUT2D eigenvalue weighted by molar-refractivity contribution is 6.01. The van der Waals surface area contributed by atoms with E-state index in [9.17, 15) is 9.59 Å². The van der Waals surface area contributed by atoms with E-state index < -0.39 is 6.04 Å². The number of ether oxygens (including phenoxy) is 1. The quantitative estimate of drug-likeness (QED) is 0.901. The Hall–Kier alpha value is -2.08. The molecule has 2 saturated heterocycles. The van der Waals surface area contributed by atoms with Crippen LogP contribution in [0, 0.1) is 0 Å². The molecule has 3 amide bonds. The molecule has 2 aliphatic heterocycles. The Kier molecular flexibility index (Phi) is 4.52. The van der Waals surface area contributed by atoms with Crippen LogP contribution in [-0.4, -0.2) is 54.7 Å². The van der Waals surface area contributed by atoms with Crippen LogP contribution in [0.2, 0.25) is 0 Å². The lowest BCUT2D eigenvalue weighted by molar-refractivity contribution is -0.118. The lowest BCUT2D eigenvalue weighted by Gasteiger charge is -2.35. The number of carbonyl (C=O) groups is 2. The van der Waals surface area contributed by atoms with Gasteiger partial charge in [-0.05, 0) is 32.4 Å². The molecular weight excluding hydrogens is 294 g/mol. The second-order valence-corrected chi connectivity index (χ2v) is 6.28. The predicted molar refractivity (Wildman–Crippen MR) is 87.3 cm³/mol. The van der Waals surface area contributed by atoms with Crippen LogP contribution in [0.25, 0.3) is 0 Å². The number of urea groups is 1. The van der Waals surface area contributed by atoms with Crippen molar-refractivity contribution in [2.24, 2.45) is 0 Å². The third-order valence-electron chi connectivity index (χ3n) is 4.28. The fourth-order valence-corrected chi connectivity index (χ4v) is 3.26. The summed E-state index contributed by atoms with van der Waals surface area (Å²) < 4.78 is 5.64. The normalized spacial score (nSPS) is 28.1. The third-order valence-corrected chi connectivity index (χ3v) is 4.28. The van der Waals surface area contributed by atoms with E-state index in [1.807, 2.05) is 44.2 Å². The minimum atomic E-state index is -0.448. The van der Waals surface area contributed by atoms with Gasteiger partial charge in [-0.25, -0.2) is 4.79 Å². The maximum Gasteiger partial charge on any atom is 0.318 e. The van der Waals surface area contributed by atoms with Gasteiger partial charge in [0.2, 0.25) is 5.91 Å². The number of hydrogen-bond donors (Lipinski definition) is 1. The molecule has 124 valence electrons. The zero-order valence-corrected chi connectivity index (χ0v) is 13.6. The molecule has 0 bridgehead atoms. The SMILES string of the molecule is C[C@@H]1CN(C(=O)N[C@H]2CCN(c3ccccc3)C2=O)C[C@H](C)O1. The van der Waals surface area contributed by atoms with Crippen molar-refractivity contribution >= 4 is 17.6 Å². The minimum Gasteiger partial charge on any atom is -0.372 e. The number of nitrogens with zero attached hydrogens (tertiary/aromatic N) is 2. The van der Waals surface area contributed by atoms with Gasteiger partial charge in [0.1, 0.15) is 6.04 Å². The van der Waals surface area contributed by atoms with Crippen molar-refractivity contribution in [1.29, 1.82) is 0 Å². The standard InChI is InChI=1S/C17H23N3O3/c1-12-10-19(11-13(2)23-12)17(22)18-15-8-9-20(16(15)21)14-6-4-3-5-7-14/h3-7,12-13,15H,8-11H2,1-2H3,(H,18,22)/t12-,13+,15-/m0/s1. The number of nitrogens with one attached hydrogen (secondary N) is 1. The van der Waals surface area contributed by atoms with Gasteiger partial charge in [0.15, 0.2) is 0 Å². The Morgan fingerprint density at radius 2 is 1.83 bits per heavy atom. The highest BCUT2D eigenvalue weighted by Gasteiger charge is 2.35. The van der Waals surface area contributed by atoms with Crippen LogP contribution < -0.4 is 10.2 Å². The fourth-order valence-electron chi connectivity index (χ4n) is 3.26. The van der Waals surface area contributed by atoms with E-state index in [1.165, 1.54) is 0 Å². The summed E-state index contributed by atoms with van der Waals surface area (Å²) in [7, 11) is 0. The van der Waals surface area contributed by atoms with Crippen LogP contribution in [0.5, 0.6) is 0 Å². The molecule has 1 aromatic carbocycles. The van der Waals surface area contributed by atoms with E-state index in [1.54, 1.807) is 9.80 Å². The number of morpholine rings is 1. The van der Waals surface area contributed by atoms with Crippen molar-refractivity contribution in [3.63, 3.8) is 0 Å². The van der Waals surface area contributed by atoms with E-state index in [-0.39, 0.29) is 24.1 Å². The molecule has 2 fully saturated rings. The molecule has 0 aliphatic carbocycles. The van der Waals surface area contributed by atoms with Gasteiger partial charge in [0.05, 0.1) is 12.2 Å². The number of anilines is 1. The van der Waals surface area contributed by atoms with Gasteiger partial charge in [0.25, 0.3) is 0 Å².